The zero-order chi connectivity index (χ0) is 33.3. The van der Waals surface area contributed by atoms with Gasteiger partial charge in [-0.1, -0.05) is 36.1 Å². The maximum atomic E-state index is 11.0. The van der Waals surface area contributed by atoms with E-state index in [1.54, 1.807) is 24.5 Å². The van der Waals surface area contributed by atoms with Crippen LogP contribution in [0.25, 0.3) is 0 Å². The summed E-state index contributed by atoms with van der Waals surface area (Å²) in [5.41, 5.74) is 5.31. The maximum absolute atomic E-state index is 11.0. The lowest BCUT2D eigenvalue weighted by Gasteiger charge is -2.12. The van der Waals surface area contributed by atoms with Crippen LogP contribution in [0.5, 0.6) is 6.01 Å². The highest BCUT2D eigenvalue weighted by molar-refractivity contribution is 6.28. The number of rotatable bonds is 8. The number of carbonyl (C=O) groups excluding carboxylic acids is 2. The minimum Gasteiger partial charge on any atom is -0.464 e. The van der Waals surface area contributed by atoms with E-state index in [2.05, 4.69) is 54.3 Å². The van der Waals surface area contributed by atoms with Crippen LogP contribution in [-0.2, 0) is 22.4 Å². The van der Waals surface area contributed by atoms with Crippen LogP contribution in [0.2, 0.25) is 5.28 Å². The summed E-state index contributed by atoms with van der Waals surface area (Å²) in [5, 5.41) is 5.93. The lowest BCUT2D eigenvalue weighted by atomic mass is 10.1. The predicted molar refractivity (Wildman–Crippen MR) is 179 cm³/mol. The topological polar surface area (TPSA) is 119 Å². The highest BCUT2D eigenvalue weighted by Crippen LogP contribution is 2.09. The number of carbonyl (C=O) groups is 2. The highest BCUT2D eigenvalue weighted by atomic mass is 35.5. The molecule has 2 atom stereocenters. The zero-order valence-electron chi connectivity index (χ0n) is 26.6. The van der Waals surface area contributed by atoms with E-state index in [1.165, 1.54) is 13.8 Å². The molecule has 0 bridgehead atoms. The van der Waals surface area contributed by atoms with Crippen LogP contribution in [-0.4, -0.2) is 50.4 Å². The minimum absolute atomic E-state index is 0.0127. The number of aromatic nitrogens is 4. The summed E-state index contributed by atoms with van der Waals surface area (Å²) in [6.07, 6.45) is 4.78. The van der Waals surface area contributed by atoms with Crippen molar-refractivity contribution in [1.82, 2.24) is 30.6 Å². The van der Waals surface area contributed by atoms with Gasteiger partial charge in [0, 0.05) is 49.5 Å². The molecule has 10 heteroatoms. The van der Waals surface area contributed by atoms with Crippen LogP contribution < -0.4 is 15.4 Å². The molecule has 0 aliphatic carbocycles. The van der Waals surface area contributed by atoms with Crippen LogP contribution in [0.15, 0.2) is 73.1 Å². The van der Waals surface area contributed by atoms with Crippen molar-refractivity contribution in [2.24, 2.45) is 0 Å². The molecule has 4 aromatic rings. The van der Waals surface area contributed by atoms with Crippen molar-refractivity contribution in [3.8, 4) is 29.7 Å². The summed E-state index contributed by atoms with van der Waals surface area (Å²) in [6, 6.07) is 19.9. The predicted octanol–water partition coefficient (Wildman–Crippen LogP) is 4.94. The molecular formula is C36H37ClN6O3. The molecule has 4 rings (SSSR count). The number of benzene rings is 2. The normalized spacial score (nSPS) is 11.2. The van der Waals surface area contributed by atoms with Crippen molar-refractivity contribution in [2.75, 3.05) is 6.61 Å². The van der Waals surface area contributed by atoms with Gasteiger partial charge in [0.1, 0.15) is 11.4 Å². The first-order valence-electron chi connectivity index (χ1n) is 14.8. The summed E-state index contributed by atoms with van der Waals surface area (Å²) in [5.74, 6) is 12.0. The Labute approximate surface area is 275 Å². The average molecular weight is 637 g/mol. The summed E-state index contributed by atoms with van der Waals surface area (Å²) >= 11 is 5.71. The lowest BCUT2D eigenvalue weighted by molar-refractivity contribution is -0.120. The van der Waals surface area contributed by atoms with Crippen LogP contribution in [0.4, 0.5) is 0 Å². The highest BCUT2D eigenvalue weighted by Gasteiger charge is 2.05. The molecule has 0 aliphatic rings. The first-order chi connectivity index (χ1) is 22.1. The number of hydrogen-bond acceptors (Lipinski definition) is 7. The first-order valence-corrected chi connectivity index (χ1v) is 15.2. The van der Waals surface area contributed by atoms with Crippen molar-refractivity contribution in [3.05, 3.63) is 112 Å². The van der Waals surface area contributed by atoms with Crippen molar-refractivity contribution in [2.45, 2.75) is 59.5 Å². The van der Waals surface area contributed by atoms with Gasteiger partial charge in [0.05, 0.1) is 6.61 Å². The third-order valence-corrected chi connectivity index (χ3v) is 6.28. The Kier molecular flexibility index (Phi) is 14.2. The molecule has 0 radical (unpaired) electrons. The van der Waals surface area contributed by atoms with Gasteiger partial charge in [-0.25, -0.2) is 15.0 Å². The average Bonchev–Trinajstić information content (AvgIpc) is 3.00. The van der Waals surface area contributed by atoms with Gasteiger partial charge in [0.25, 0.3) is 0 Å². The largest absolute Gasteiger partial charge is 0.464 e. The van der Waals surface area contributed by atoms with Gasteiger partial charge in [-0.15, -0.1) is 0 Å². The number of halogens is 1. The van der Waals surface area contributed by atoms with Gasteiger partial charge >= 0.3 is 6.01 Å². The SMILES string of the molecule is CC(=O)NC(C)Cc1ccc(C#Cc2ccnc(Cl)n2)cc1.CCOc1nccc(C#Cc2ccc(CC(C)NC(C)=O)cc2)n1. The Balaban J connectivity index is 0.000000251. The fourth-order valence-corrected chi connectivity index (χ4v) is 4.38. The fourth-order valence-electron chi connectivity index (χ4n) is 4.24. The molecule has 0 fully saturated rings. The second-order valence-electron chi connectivity index (χ2n) is 10.4. The van der Waals surface area contributed by atoms with Gasteiger partial charge in [0.15, 0.2) is 0 Å². The molecule has 0 saturated carbocycles. The van der Waals surface area contributed by atoms with Gasteiger partial charge in [-0.05, 0) is 105 Å². The van der Waals surface area contributed by atoms with Crippen molar-refractivity contribution >= 4 is 23.4 Å². The molecule has 2 heterocycles. The van der Waals surface area contributed by atoms with E-state index < -0.39 is 0 Å². The second-order valence-corrected chi connectivity index (χ2v) is 10.7. The maximum Gasteiger partial charge on any atom is 0.317 e. The van der Waals surface area contributed by atoms with Crippen molar-refractivity contribution < 1.29 is 14.3 Å². The Morgan fingerprint density at radius 2 is 1.17 bits per heavy atom. The molecule has 2 aromatic heterocycles. The Hall–Kier alpha value is -5.25. The molecule has 0 aliphatic heterocycles. The van der Waals surface area contributed by atoms with Crippen LogP contribution >= 0.6 is 11.6 Å². The fraction of sp³-hybridized carbons (Fsp3) is 0.278. The summed E-state index contributed by atoms with van der Waals surface area (Å²) < 4.78 is 5.26. The van der Waals surface area contributed by atoms with Crippen LogP contribution in [0.3, 0.4) is 0 Å². The first kappa shape index (κ1) is 35.2. The molecule has 2 amide bonds. The summed E-state index contributed by atoms with van der Waals surface area (Å²) in [7, 11) is 0. The molecule has 236 valence electrons. The second kappa shape index (κ2) is 18.5. The van der Waals surface area contributed by atoms with E-state index in [-0.39, 0.29) is 29.2 Å². The number of amides is 2. The van der Waals surface area contributed by atoms with E-state index in [0.717, 1.165) is 35.1 Å². The third-order valence-electron chi connectivity index (χ3n) is 6.09. The molecular weight excluding hydrogens is 600 g/mol. The molecule has 46 heavy (non-hydrogen) atoms. The zero-order valence-corrected chi connectivity index (χ0v) is 27.4. The van der Waals surface area contributed by atoms with Gasteiger partial charge in [-0.3, -0.25) is 9.59 Å². The van der Waals surface area contributed by atoms with E-state index in [1.807, 2.05) is 69.3 Å². The number of ether oxygens (including phenoxy) is 1. The monoisotopic (exact) mass is 636 g/mol. The number of nitrogens with one attached hydrogen (secondary N) is 2. The molecule has 2 unspecified atom stereocenters. The number of hydrogen-bond donors (Lipinski definition) is 2. The van der Waals surface area contributed by atoms with Crippen molar-refractivity contribution in [1.29, 1.82) is 0 Å². The van der Waals surface area contributed by atoms with Crippen molar-refractivity contribution in [3.63, 3.8) is 0 Å². The molecule has 2 N–H and O–H groups in total. The van der Waals surface area contributed by atoms with Crippen LogP contribution in [0.1, 0.15) is 68.3 Å². The van der Waals surface area contributed by atoms with E-state index in [4.69, 9.17) is 16.3 Å². The number of nitrogens with zero attached hydrogens (tertiary/aromatic N) is 4. The summed E-state index contributed by atoms with van der Waals surface area (Å²) in [4.78, 5) is 38.1. The van der Waals surface area contributed by atoms with E-state index in [9.17, 15) is 9.59 Å². The van der Waals surface area contributed by atoms with Gasteiger partial charge < -0.3 is 15.4 Å². The van der Waals surface area contributed by atoms with E-state index >= 15 is 0 Å². The third kappa shape index (κ3) is 13.6. The Morgan fingerprint density at radius 3 is 1.61 bits per heavy atom. The molecule has 2 aromatic carbocycles. The molecule has 0 spiro atoms. The lowest BCUT2D eigenvalue weighted by Crippen LogP contribution is -2.31. The van der Waals surface area contributed by atoms with E-state index in [0.29, 0.717) is 24.0 Å². The standard InChI is InChI=1S/C19H21N3O2.C17H16ClN3O/c1-4-24-19-20-12-11-18(22-19)10-9-16-5-7-17(8-6-16)13-14(2)21-15(3)23;1-12(20-13(2)22)11-15-5-3-14(4-6-15)7-8-16-9-10-19-17(18)21-16/h5-8,11-12,14H,4,13H2,1-3H3,(H,21,23);3-6,9-10,12H,11H2,1-2H3,(H,20,22). The van der Waals surface area contributed by atoms with Crippen LogP contribution in [0, 0.1) is 23.7 Å². The molecule has 9 nitrogen and oxygen atoms in total. The Morgan fingerprint density at radius 1 is 0.717 bits per heavy atom. The smallest absolute Gasteiger partial charge is 0.317 e. The Bertz CT molecular complexity index is 1720. The summed E-state index contributed by atoms with van der Waals surface area (Å²) in [6.45, 7) is 9.42. The molecule has 0 saturated heterocycles. The van der Waals surface area contributed by atoms with Gasteiger partial charge in [-0.2, -0.15) is 4.98 Å². The quantitative estimate of drug-likeness (QED) is 0.208. The van der Waals surface area contributed by atoms with Gasteiger partial charge in [0.2, 0.25) is 17.1 Å². The minimum atomic E-state index is -0.0153.